The summed E-state index contributed by atoms with van der Waals surface area (Å²) in [4.78, 5) is 0. The molecule has 1 unspecified atom stereocenters. The zero-order valence-electron chi connectivity index (χ0n) is 11.5. The van der Waals surface area contributed by atoms with Gasteiger partial charge in [0.25, 0.3) is 0 Å². The summed E-state index contributed by atoms with van der Waals surface area (Å²) in [5, 5.41) is 3.35. The Morgan fingerprint density at radius 2 is 1.86 bits per heavy atom. The van der Waals surface area contributed by atoms with Crippen LogP contribution in [0.3, 0.4) is 0 Å². The third-order valence-electron chi connectivity index (χ3n) is 3.16. The van der Waals surface area contributed by atoms with Gasteiger partial charge < -0.3 is 5.32 Å². The summed E-state index contributed by atoms with van der Waals surface area (Å²) in [6.07, 6.45) is 0.627. The minimum Gasteiger partial charge on any atom is -0.310 e. The second-order valence-corrected chi connectivity index (χ2v) is 6.54. The lowest BCUT2D eigenvalue weighted by Crippen LogP contribution is -2.23. The third kappa shape index (κ3) is 4.59. The van der Waals surface area contributed by atoms with Crippen LogP contribution in [0.2, 0.25) is 0 Å². The van der Waals surface area contributed by atoms with Gasteiger partial charge in [-0.1, -0.05) is 28.9 Å². The van der Waals surface area contributed by atoms with Crippen LogP contribution in [-0.2, 0) is 6.42 Å². The summed E-state index contributed by atoms with van der Waals surface area (Å²) in [7, 11) is 0. The molecule has 1 nitrogen and oxygen atoms in total. The molecule has 0 heterocycles. The SMILES string of the molecule is CCNC(Cc1cc(F)cc(Br)c1)c1ccc(F)c(Br)c1. The summed E-state index contributed by atoms with van der Waals surface area (Å²) < 4.78 is 28.0. The number of rotatable bonds is 5. The normalized spacial score (nSPS) is 12.4. The average molecular weight is 419 g/mol. The molecule has 1 N–H and O–H groups in total. The molecule has 0 amide bonds. The standard InChI is InChI=1S/C16H15Br2F2N/c1-2-21-16(11-3-4-15(20)14(18)8-11)7-10-5-12(17)9-13(19)6-10/h3-6,8-9,16,21H,2,7H2,1H3. The van der Waals surface area contributed by atoms with E-state index in [9.17, 15) is 8.78 Å². The smallest absolute Gasteiger partial charge is 0.137 e. The Hall–Kier alpha value is -0.780. The van der Waals surface area contributed by atoms with Crippen LogP contribution in [0.4, 0.5) is 8.78 Å². The molecular weight excluding hydrogens is 404 g/mol. The number of halogens is 4. The molecule has 2 aromatic carbocycles. The lowest BCUT2D eigenvalue weighted by Gasteiger charge is -2.19. The van der Waals surface area contributed by atoms with Gasteiger partial charge in [-0.25, -0.2) is 8.78 Å². The van der Waals surface area contributed by atoms with E-state index in [0.717, 1.165) is 17.7 Å². The molecule has 5 heteroatoms. The first-order valence-electron chi connectivity index (χ1n) is 6.63. The molecule has 0 fully saturated rings. The van der Waals surface area contributed by atoms with E-state index in [1.807, 2.05) is 13.0 Å². The predicted octanol–water partition coefficient (Wildman–Crippen LogP) is 5.38. The summed E-state index contributed by atoms with van der Waals surface area (Å²) in [6, 6.07) is 9.80. The van der Waals surface area contributed by atoms with Crippen LogP contribution in [0.15, 0.2) is 45.3 Å². The highest BCUT2D eigenvalue weighted by atomic mass is 79.9. The van der Waals surface area contributed by atoms with Crippen LogP contribution >= 0.6 is 31.9 Å². The Morgan fingerprint density at radius 1 is 1.10 bits per heavy atom. The minimum atomic E-state index is -0.289. The Labute approximate surface area is 140 Å². The Kier molecular flexibility index (Phi) is 5.90. The molecule has 0 aliphatic heterocycles. The first-order valence-corrected chi connectivity index (χ1v) is 8.21. The van der Waals surface area contributed by atoms with E-state index in [1.165, 1.54) is 18.2 Å². The summed E-state index contributed by atoms with van der Waals surface area (Å²) in [6.45, 7) is 2.78. The lowest BCUT2D eigenvalue weighted by atomic mass is 9.98. The van der Waals surface area contributed by atoms with Crippen molar-refractivity contribution >= 4 is 31.9 Å². The Bertz CT molecular complexity index is 611. The maximum Gasteiger partial charge on any atom is 0.137 e. The Morgan fingerprint density at radius 3 is 2.48 bits per heavy atom. The topological polar surface area (TPSA) is 12.0 Å². The number of likely N-dealkylation sites (N-methyl/N-ethyl adjacent to an activating group) is 1. The van der Waals surface area contributed by atoms with Crippen molar-refractivity contribution in [1.82, 2.24) is 5.32 Å². The Balaban J connectivity index is 2.27. The van der Waals surface area contributed by atoms with E-state index in [2.05, 4.69) is 37.2 Å². The van der Waals surface area contributed by atoms with Crippen LogP contribution in [-0.4, -0.2) is 6.54 Å². The molecule has 2 aromatic rings. The molecule has 0 aromatic heterocycles. The van der Waals surface area contributed by atoms with E-state index in [1.54, 1.807) is 12.1 Å². The van der Waals surface area contributed by atoms with Gasteiger partial charge in [0.1, 0.15) is 11.6 Å². The van der Waals surface area contributed by atoms with Gasteiger partial charge in [0.05, 0.1) is 4.47 Å². The fourth-order valence-corrected chi connectivity index (χ4v) is 3.16. The molecule has 112 valence electrons. The molecule has 0 bridgehead atoms. The molecule has 0 aliphatic carbocycles. The minimum absolute atomic E-state index is 0.000556. The van der Waals surface area contributed by atoms with Gasteiger partial charge in [-0.15, -0.1) is 0 Å². The monoisotopic (exact) mass is 417 g/mol. The second-order valence-electron chi connectivity index (χ2n) is 4.77. The van der Waals surface area contributed by atoms with E-state index in [-0.39, 0.29) is 17.7 Å². The summed E-state index contributed by atoms with van der Waals surface area (Å²) in [5.74, 6) is -0.558. The van der Waals surface area contributed by atoms with Gasteiger partial charge in [0, 0.05) is 10.5 Å². The van der Waals surface area contributed by atoms with E-state index < -0.39 is 0 Å². The van der Waals surface area contributed by atoms with Crippen molar-refractivity contribution in [2.75, 3.05) is 6.54 Å². The molecule has 0 saturated carbocycles. The second kappa shape index (κ2) is 7.47. The van der Waals surface area contributed by atoms with E-state index in [0.29, 0.717) is 15.4 Å². The maximum absolute atomic E-state index is 13.5. The quantitative estimate of drug-likeness (QED) is 0.686. The van der Waals surface area contributed by atoms with Crippen LogP contribution in [0.25, 0.3) is 0 Å². The van der Waals surface area contributed by atoms with Crippen molar-refractivity contribution in [2.24, 2.45) is 0 Å². The summed E-state index contributed by atoms with van der Waals surface area (Å²) in [5.41, 5.74) is 1.85. The highest BCUT2D eigenvalue weighted by Gasteiger charge is 2.14. The van der Waals surface area contributed by atoms with Crippen LogP contribution in [0.5, 0.6) is 0 Å². The number of hydrogen-bond acceptors (Lipinski definition) is 1. The average Bonchev–Trinajstić information content (AvgIpc) is 2.40. The van der Waals surface area contributed by atoms with Gasteiger partial charge >= 0.3 is 0 Å². The number of benzene rings is 2. The first kappa shape index (κ1) is 16.6. The maximum atomic E-state index is 13.5. The summed E-state index contributed by atoms with van der Waals surface area (Å²) >= 11 is 6.51. The van der Waals surface area contributed by atoms with Gasteiger partial charge in [-0.2, -0.15) is 0 Å². The van der Waals surface area contributed by atoms with Gasteiger partial charge in [-0.3, -0.25) is 0 Å². The molecule has 0 aliphatic rings. The largest absolute Gasteiger partial charge is 0.310 e. The van der Waals surface area contributed by atoms with Gasteiger partial charge in [0.2, 0.25) is 0 Å². The lowest BCUT2D eigenvalue weighted by molar-refractivity contribution is 0.543. The highest BCUT2D eigenvalue weighted by Crippen LogP contribution is 2.25. The molecule has 1 atom stereocenters. The molecule has 0 saturated heterocycles. The van der Waals surface area contributed by atoms with Crippen LogP contribution in [0, 0.1) is 11.6 Å². The van der Waals surface area contributed by atoms with Crippen molar-refractivity contribution in [3.8, 4) is 0 Å². The van der Waals surface area contributed by atoms with Crippen LogP contribution in [0.1, 0.15) is 24.1 Å². The fourth-order valence-electron chi connectivity index (χ4n) is 2.25. The first-order chi connectivity index (χ1) is 9.99. The highest BCUT2D eigenvalue weighted by molar-refractivity contribution is 9.10. The zero-order valence-corrected chi connectivity index (χ0v) is 14.6. The van der Waals surface area contributed by atoms with Crippen molar-refractivity contribution in [3.63, 3.8) is 0 Å². The van der Waals surface area contributed by atoms with Gasteiger partial charge in [0.15, 0.2) is 0 Å². The molecule has 2 rings (SSSR count). The molecule has 0 spiro atoms. The van der Waals surface area contributed by atoms with Gasteiger partial charge in [-0.05, 0) is 70.4 Å². The zero-order chi connectivity index (χ0) is 15.4. The van der Waals surface area contributed by atoms with Crippen LogP contribution < -0.4 is 5.32 Å². The van der Waals surface area contributed by atoms with Crippen molar-refractivity contribution < 1.29 is 8.78 Å². The van der Waals surface area contributed by atoms with Crippen molar-refractivity contribution in [2.45, 2.75) is 19.4 Å². The van der Waals surface area contributed by atoms with E-state index >= 15 is 0 Å². The van der Waals surface area contributed by atoms with Crippen molar-refractivity contribution in [1.29, 1.82) is 0 Å². The molecule has 21 heavy (non-hydrogen) atoms. The predicted molar refractivity (Wildman–Crippen MR) is 88.3 cm³/mol. The van der Waals surface area contributed by atoms with Crippen molar-refractivity contribution in [3.05, 3.63) is 68.1 Å². The number of nitrogens with one attached hydrogen (secondary N) is 1. The fraction of sp³-hybridized carbons (Fsp3) is 0.250. The third-order valence-corrected chi connectivity index (χ3v) is 4.22. The molecule has 0 radical (unpaired) electrons. The molecular formula is C16H15Br2F2N. The van der Waals surface area contributed by atoms with E-state index in [4.69, 9.17) is 0 Å². The number of hydrogen-bond donors (Lipinski definition) is 1.